The number of hydrogen-bond donors (Lipinski definition) is 1. The van der Waals surface area contributed by atoms with Crippen LogP contribution in [-0.2, 0) is 0 Å². The van der Waals surface area contributed by atoms with Crippen molar-refractivity contribution in [1.82, 2.24) is 4.57 Å². The van der Waals surface area contributed by atoms with Crippen molar-refractivity contribution < 1.29 is 9.84 Å². The van der Waals surface area contributed by atoms with Crippen LogP contribution < -0.4 is 15.7 Å². The van der Waals surface area contributed by atoms with Crippen molar-refractivity contribution in [3.63, 3.8) is 0 Å². The number of aromatic nitrogens is 1. The highest BCUT2D eigenvalue weighted by atomic mass is 16.5. The lowest BCUT2D eigenvalue weighted by molar-refractivity contribution is 0.477. The minimum absolute atomic E-state index is 0.226. The molecule has 0 spiro atoms. The Hall–Kier alpha value is -6.00. The number of phenols is 1. The van der Waals surface area contributed by atoms with Crippen molar-refractivity contribution in [3.05, 3.63) is 158 Å². The van der Waals surface area contributed by atoms with Gasteiger partial charge in [0.2, 0.25) is 7.28 Å². The van der Waals surface area contributed by atoms with Gasteiger partial charge < -0.3 is 14.4 Å². The molecule has 1 N–H and O–H groups in total. The Morgan fingerprint density at radius 2 is 1.13 bits per heavy atom. The van der Waals surface area contributed by atoms with Crippen molar-refractivity contribution >= 4 is 40.0 Å². The van der Waals surface area contributed by atoms with E-state index in [0.717, 1.165) is 61.4 Å². The Balaban J connectivity index is 1.13. The van der Waals surface area contributed by atoms with E-state index in [1.165, 1.54) is 21.9 Å². The monoisotopic (exact) mass is 588 g/mol. The highest BCUT2D eigenvalue weighted by Gasteiger charge is 2.24. The summed E-state index contributed by atoms with van der Waals surface area (Å²) in [4.78, 5) is 0. The molecule has 9 rings (SSSR count). The summed E-state index contributed by atoms with van der Waals surface area (Å²) in [5.41, 5.74) is 11.5. The first kappa shape index (κ1) is 26.4. The van der Waals surface area contributed by atoms with Gasteiger partial charge in [-0.3, -0.25) is 0 Å². The predicted molar refractivity (Wildman–Crippen MR) is 190 cm³/mol. The Morgan fingerprint density at radius 3 is 1.91 bits per heavy atom. The van der Waals surface area contributed by atoms with E-state index in [1.807, 2.05) is 30.3 Å². The minimum Gasteiger partial charge on any atom is -0.507 e. The summed E-state index contributed by atoms with van der Waals surface area (Å²) in [6.07, 6.45) is 0. The smallest absolute Gasteiger partial charge is 0.202 e. The van der Waals surface area contributed by atoms with Crippen LogP contribution in [0.2, 0.25) is 0 Å². The molecule has 7 aromatic carbocycles. The SMILES string of the molecule is Oc1ccc(-n2c3ccccc3c3ccccc32)cc1-c1cccc2c1[B]c1cc(-c3cccc(-c4ccccc4)c3)ccc1O2. The number of fused-ring (bicyclic) bond motifs is 5. The molecule has 2 heterocycles. The first-order valence-electron chi connectivity index (χ1n) is 15.5. The molecule has 1 aliphatic heterocycles. The van der Waals surface area contributed by atoms with E-state index in [4.69, 9.17) is 4.74 Å². The van der Waals surface area contributed by atoms with Crippen molar-refractivity contribution in [2.24, 2.45) is 0 Å². The fraction of sp³-hybridized carbons (Fsp3) is 0. The van der Waals surface area contributed by atoms with Crippen LogP contribution in [0.15, 0.2) is 158 Å². The van der Waals surface area contributed by atoms with Crippen LogP contribution in [0.5, 0.6) is 17.2 Å². The second-order valence-corrected chi connectivity index (χ2v) is 11.7. The van der Waals surface area contributed by atoms with Crippen molar-refractivity contribution in [2.75, 3.05) is 0 Å². The number of para-hydroxylation sites is 2. The van der Waals surface area contributed by atoms with Crippen LogP contribution in [0.3, 0.4) is 0 Å². The Morgan fingerprint density at radius 1 is 0.478 bits per heavy atom. The van der Waals surface area contributed by atoms with Gasteiger partial charge in [-0.05, 0) is 87.3 Å². The third-order valence-corrected chi connectivity index (χ3v) is 9.01. The first-order chi connectivity index (χ1) is 22.7. The summed E-state index contributed by atoms with van der Waals surface area (Å²) in [5.74, 6) is 1.81. The summed E-state index contributed by atoms with van der Waals surface area (Å²) in [7, 11) is 2.18. The molecule has 1 radical (unpaired) electrons. The van der Waals surface area contributed by atoms with E-state index >= 15 is 0 Å². The molecule has 215 valence electrons. The van der Waals surface area contributed by atoms with Crippen LogP contribution in [0.1, 0.15) is 0 Å². The molecule has 0 amide bonds. The molecule has 0 bridgehead atoms. The van der Waals surface area contributed by atoms with Crippen LogP contribution in [-0.4, -0.2) is 17.0 Å². The number of rotatable bonds is 4. The maximum absolute atomic E-state index is 11.3. The zero-order valence-electron chi connectivity index (χ0n) is 24.9. The van der Waals surface area contributed by atoms with E-state index in [9.17, 15) is 5.11 Å². The number of hydrogen-bond acceptors (Lipinski definition) is 2. The van der Waals surface area contributed by atoms with Gasteiger partial charge in [-0.1, -0.05) is 109 Å². The number of benzene rings is 7. The number of nitrogens with zero attached hydrogens (tertiary/aromatic N) is 1. The lowest BCUT2D eigenvalue weighted by Gasteiger charge is -2.23. The molecule has 0 saturated heterocycles. The molecular weight excluding hydrogens is 561 g/mol. The van der Waals surface area contributed by atoms with Crippen LogP contribution in [0.25, 0.3) is 60.9 Å². The van der Waals surface area contributed by atoms with Gasteiger partial charge in [0.1, 0.15) is 17.2 Å². The predicted octanol–water partition coefficient (Wildman–Crippen LogP) is 9.25. The lowest BCUT2D eigenvalue weighted by atomic mass is 9.59. The van der Waals surface area contributed by atoms with Crippen molar-refractivity contribution in [1.29, 1.82) is 0 Å². The third-order valence-electron chi connectivity index (χ3n) is 9.01. The number of ether oxygens (including phenoxy) is 1. The van der Waals surface area contributed by atoms with Crippen molar-refractivity contribution in [2.45, 2.75) is 0 Å². The molecule has 1 aromatic heterocycles. The topological polar surface area (TPSA) is 34.4 Å². The van der Waals surface area contributed by atoms with Gasteiger partial charge in [0, 0.05) is 22.0 Å². The molecule has 4 heteroatoms. The zero-order valence-corrected chi connectivity index (χ0v) is 24.9. The van der Waals surface area contributed by atoms with Gasteiger partial charge in [0.25, 0.3) is 0 Å². The fourth-order valence-corrected chi connectivity index (χ4v) is 6.81. The van der Waals surface area contributed by atoms with E-state index < -0.39 is 0 Å². The molecule has 0 saturated carbocycles. The van der Waals surface area contributed by atoms with Crippen LogP contribution >= 0.6 is 0 Å². The molecule has 0 fully saturated rings. The Bertz CT molecular complexity index is 2390. The molecule has 0 atom stereocenters. The summed E-state index contributed by atoms with van der Waals surface area (Å²) < 4.78 is 8.74. The molecular formula is C42H27BNO2. The highest BCUT2D eigenvalue weighted by Crippen LogP contribution is 2.38. The molecule has 0 unspecified atom stereocenters. The maximum Gasteiger partial charge on any atom is 0.202 e. The van der Waals surface area contributed by atoms with Gasteiger partial charge in [-0.2, -0.15) is 0 Å². The summed E-state index contributed by atoms with van der Waals surface area (Å²) in [5, 5.41) is 13.7. The second kappa shape index (κ2) is 10.6. The molecule has 0 aliphatic carbocycles. The van der Waals surface area contributed by atoms with Gasteiger partial charge in [0.05, 0.1) is 11.0 Å². The van der Waals surface area contributed by atoms with E-state index in [1.54, 1.807) is 6.07 Å². The van der Waals surface area contributed by atoms with E-state index in [0.29, 0.717) is 0 Å². The Kier molecular flexibility index (Phi) is 6.07. The molecule has 46 heavy (non-hydrogen) atoms. The quantitative estimate of drug-likeness (QED) is 0.208. The Labute approximate surface area is 267 Å². The van der Waals surface area contributed by atoms with Gasteiger partial charge in [-0.25, -0.2) is 0 Å². The number of aromatic hydroxyl groups is 1. The standard InChI is InChI=1S/C42H27BNO2/c45-39-22-21-31(44-37-17-6-4-14-32(37)33-15-5-7-18-38(33)44)26-35(39)34-16-9-19-41-42(34)43-36-25-30(20-23-40(36)46-41)29-13-8-12-28(24-29)27-10-2-1-3-11-27/h1-26,45H. The van der Waals surface area contributed by atoms with Crippen LogP contribution in [0.4, 0.5) is 0 Å². The first-order valence-corrected chi connectivity index (χ1v) is 15.5. The average Bonchev–Trinajstić information content (AvgIpc) is 3.45. The zero-order chi connectivity index (χ0) is 30.6. The van der Waals surface area contributed by atoms with Crippen LogP contribution in [0, 0.1) is 0 Å². The third kappa shape index (κ3) is 4.30. The van der Waals surface area contributed by atoms with Gasteiger partial charge >= 0.3 is 0 Å². The molecule has 3 nitrogen and oxygen atoms in total. The summed E-state index contributed by atoms with van der Waals surface area (Å²) >= 11 is 0. The van der Waals surface area contributed by atoms with Gasteiger partial charge in [-0.15, -0.1) is 0 Å². The van der Waals surface area contributed by atoms with E-state index in [-0.39, 0.29) is 5.75 Å². The number of phenolic OH excluding ortho intramolecular Hbond substituents is 1. The van der Waals surface area contributed by atoms with E-state index in [2.05, 4.69) is 133 Å². The maximum atomic E-state index is 11.3. The average molecular weight is 588 g/mol. The largest absolute Gasteiger partial charge is 0.507 e. The minimum atomic E-state index is 0.226. The van der Waals surface area contributed by atoms with Crippen molar-refractivity contribution in [3.8, 4) is 56.3 Å². The normalized spacial score (nSPS) is 11.9. The second-order valence-electron chi connectivity index (χ2n) is 11.7. The van der Waals surface area contributed by atoms with Gasteiger partial charge in [0.15, 0.2) is 0 Å². The summed E-state index contributed by atoms with van der Waals surface area (Å²) in [6.45, 7) is 0. The fourth-order valence-electron chi connectivity index (χ4n) is 6.81. The molecule has 8 aromatic rings. The highest BCUT2D eigenvalue weighted by molar-refractivity contribution is 6.71. The molecule has 1 aliphatic rings. The lowest BCUT2D eigenvalue weighted by Crippen LogP contribution is -2.35. The summed E-state index contributed by atoms with van der Waals surface area (Å²) in [6, 6.07) is 54.3.